The minimum atomic E-state index is -3.71. The zero-order valence-corrected chi connectivity index (χ0v) is 14.7. The molecule has 3 aromatic rings. The van der Waals surface area contributed by atoms with Crippen molar-refractivity contribution >= 4 is 21.1 Å². The van der Waals surface area contributed by atoms with Crippen LogP contribution in [0.15, 0.2) is 38.7 Å². The minimum Gasteiger partial charge on any atom is -0.364 e. The third-order valence-electron chi connectivity index (χ3n) is 4.65. The molecule has 1 fully saturated rings. The molecule has 1 N–H and O–H groups in total. The molecule has 1 aromatic carbocycles. The molecule has 2 aromatic heterocycles. The maximum Gasteiger partial charge on any atom is 0.328 e. The van der Waals surface area contributed by atoms with Gasteiger partial charge in [0.25, 0.3) is 0 Å². The second-order valence-corrected chi connectivity index (χ2v) is 8.14. The highest BCUT2D eigenvalue weighted by Gasteiger charge is 2.29. The Bertz CT molecular complexity index is 1120. The Morgan fingerprint density at radius 3 is 2.68 bits per heavy atom. The Labute approximate surface area is 144 Å². The van der Waals surface area contributed by atoms with Crippen molar-refractivity contribution in [3.05, 3.63) is 46.2 Å². The lowest BCUT2D eigenvalue weighted by Gasteiger charge is -2.07. The summed E-state index contributed by atoms with van der Waals surface area (Å²) in [5.41, 5.74) is 2.65. The Balaban J connectivity index is 1.63. The first-order chi connectivity index (χ1) is 11.9. The topological polar surface area (TPSA) is 99.1 Å². The number of sulfonamides is 1. The molecule has 0 unspecified atom stereocenters. The molecule has 1 saturated carbocycles. The molecule has 0 saturated heterocycles. The van der Waals surface area contributed by atoms with Gasteiger partial charge in [-0.2, -0.15) is 0 Å². The molecular formula is C16H18N4O4S. The number of hydrogen-bond acceptors (Lipinski definition) is 5. The average Bonchev–Trinajstić information content (AvgIpc) is 3.30. The fourth-order valence-electron chi connectivity index (χ4n) is 3.00. The quantitative estimate of drug-likeness (QED) is 0.736. The maximum atomic E-state index is 12.6. The van der Waals surface area contributed by atoms with Crippen LogP contribution in [0.1, 0.15) is 30.0 Å². The van der Waals surface area contributed by atoms with Gasteiger partial charge in [-0.05, 0) is 31.0 Å². The van der Waals surface area contributed by atoms with Crippen molar-refractivity contribution in [3.63, 3.8) is 0 Å². The van der Waals surface area contributed by atoms with E-state index in [1.165, 1.54) is 27.5 Å². The van der Waals surface area contributed by atoms with E-state index in [-0.39, 0.29) is 17.1 Å². The van der Waals surface area contributed by atoms with Crippen molar-refractivity contribution in [1.29, 1.82) is 0 Å². The van der Waals surface area contributed by atoms with Crippen LogP contribution in [-0.4, -0.2) is 22.7 Å². The van der Waals surface area contributed by atoms with Crippen LogP contribution < -0.4 is 10.4 Å². The molecular weight excluding hydrogens is 344 g/mol. The summed E-state index contributed by atoms with van der Waals surface area (Å²) in [4.78, 5) is 12.1. The van der Waals surface area contributed by atoms with Gasteiger partial charge >= 0.3 is 5.69 Å². The zero-order valence-electron chi connectivity index (χ0n) is 13.9. The van der Waals surface area contributed by atoms with Crippen LogP contribution in [-0.2, 0) is 30.7 Å². The number of nitrogens with zero attached hydrogens (tertiary/aromatic N) is 3. The monoisotopic (exact) mass is 362 g/mol. The van der Waals surface area contributed by atoms with E-state index in [2.05, 4.69) is 9.88 Å². The smallest absolute Gasteiger partial charge is 0.328 e. The average molecular weight is 362 g/mol. The van der Waals surface area contributed by atoms with Gasteiger partial charge in [0.15, 0.2) is 0 Å². The third-order valence-corrected chi connectivity index (χ3v) is 6.04. The molecule has 0 radical (unpaired) electrons. The number of aryl methyl sites for hydroxylation is 2. The molecule has 0 bridgehead atoms. The molecule has 0 amide bonds. The highest BCUT2D eigenvalue weighted by Crippen LogP contribution is 2.40. The van der Waals surface area contributed by atoms with E-state index in [1.807, 2.05) is 0 Å². The number of aromatic nitrogens is 3. The Kier molecular flexibility index (Phi) is 3.58. The van der Waals surface area contributed by atoms with Gasteiger partial charge in [0.1, 0.15) is 6.26 Å². The number of rotatable bonds is 5. The highest BCUT2D eigenvalue weighted by atomic mass is 32.2. The lowest BCUT2D eigenvalue weighted by Crippen LogP contribution is -2.23. The van der Waals surface area contributed by atoms with Crippen LogP contribution in [0.4, 0.5) is 0 Å². The molecule has 4 rings (SSSR count). The van der Waals surface area contributed by atoms with Crippen LogP contribution in [0.25, 0.3) is 11.0 Å². The first-order valence-corrected chi connectivity index (χ1v) is 9.45. The van der Waals surface area contributed by atoms with Crippen molar-refractivity contribution in [1.82, 2.24) is 19.0 Å². The van der Waals surface area contributed by atoms with Crippen molar-refractivity contribution in [2.24, 2.45) is 14.1 Å². The van der Waals surface area contributed by atoms with E-state index in [9.17, 15) is 13.2 Å². The summed E-state index contributed by atoms with van der Waals surface area (Å²) in [5, 5.41) is 3.97. The zero-order chi connectivity index (χ0) is 17.8. The molecule has 0 spiro atoms. The molecule has 1 aliphatic carbocycles. The van der Waals surface area contributed by atoms with Crippen molar-refractivity contribution in [2.45, 2.75) is 30.2 Å². The fraction of sp³-hybridized carbons (Fsp3) is 0.375. The third kappa shape index (κ3) is 2.69. The summed E-state index contributed by atoms with van der Waals surface area (Å²) in [5.74, 6) is 0.383. The van der Waals surface area contributed by atoms with Crippen molar-refractivity contribution in [2.75, 3.05) is 0 Å². The fourth-order valence-corrected chi connectivity index (χ4v) is 4.03. The summed E-state index contributed by atoms with van der Waals surface area (Å²) >= 11 is 0. The number of benzene rings is 1. The Hall–Kier alpha value is -2.39. The van der Waals surface area contributed by atoms with Crippen LogP contribution in [0.3, 0.4) is 0 Å². The number of hydrogen-bond donors (Lipinski definition) is 1. The van der Waals surface area contributed by atoms with Crippen molar-refractivity contribution in [3.8, 4) is 0 Å². The molecule has 9 heteroatoms. The van der Waals surface area contributed by atoms with E-state index in [0.717, 1.165) is 24.1 Å². The second kappa shape index (κ2) is 5.57. The van der Waals surface area contributed by atoms with E-state index >= 15 is 0 Å². The van der Waals surface area contributed by atoms with E-state index in [0.29, 0.717) is 17.0 Å². The molecule has 1 aliphatic rings. The van der Waals surface area contributed by atoms with E-state index in [1.54, 1.807) is 20.2 Å². The molecule has 0 atom stereocenters. The summed E-state index contributed by atoms with van der Waals surface area (Å²) in [7, 11) is -0.441. The number of nitrogens with one attached hydrogen (secondary N) is 1. The van der Waals surface area contributed by atoms with E-state index < -0.39 is 10.0 Å². The molecule has 25 heavy (non-hydrogen) atoms. The Morgan fingerprint density at radius 1 is 1.24 bits per heavy atom. The van der Waals surface area contributed by atoms with Gasteiger partial charge in [-0.3, -0.25) is 9.13 Å². The van der Waals surface area contributed by atoms with E-state index in [4.69, 9.17) is 4.52 Å². The van der Waals surface area contributed by atoms with Gasteiger partial charge in [0.2, 0.25) is 10.0 Å². The predicted molar refractivity (Wildman–Crippen MR) is 90.7 cm³/mol. The molecule has 2 heterocycles. The number of fused-ring (bicyclic) bond motifs is 1. The van der Waals surface area contributed by atoms with Crippen molar-refractivity contribution < 1.29 is 12.9 Å². The van der Waals surface area contributed by atoms with Gasteiger partial charge in [0.05, 0.1) is 21.6 Å². The maximum absolute atomic E-state index is 12.6. The van der Waals surface area contributed by atoms with Gasteiger partial charge in [-0.25, -0.2) is 17.9 Å². The predicted octanol–water partition coefficient (Wildman–Crippen LogP) is 1.22. The van der Waals surface area contributed by atoms with Gasteiger partial charge < -0.3 is 4.52 Å². The van der Waals surface area contributed by atoms with Gasteiger partial charge in [-0.1, -0.05) is 5.16 Å². The molecule has 8 nitrogen and oxygen atoms in total. The van der Waals surface area contributed by atoms with Crippen LogP contribution in [0.5, 0.6) is 0 Å². The van der Waals surface area contributed by atoms with Crippen LogP contribution in [0.2, 0.25) is 0 Å². The highest BCUT2D eigenvalue weighted by molar-refractivity contribution is 7.89. The summed E-state index contributed by atoms with van der Waals surface area (Å²) < 4.78 is 35.7. The lowest BCUT2D eigenvalue weighted by atomic mass is 10.2. The summed E-state index contributed by atoms with van der Waals surface area (Å²) in [6, 6.07) is 4.65. The van der Waals surface area contributed by atoms with Gasteiger partial charge in [0, 0.05) is 32.1 Å². The standard InChI is InChI=1S/C16H18N4O4S/c1-19-13-6-5-12(7-14(13)20(2)16(19)21)25(22,23)17-8-11-9-24-18-15(11)10-3-4-10/h5-7,9-10,17H,3-4,8H2,1-2H3. The first kappa shape index (κ1) is 16.1. The van der Waals surface area contributed by atoms with Crippen LogP contribution in [0, 0.1) is 0 Å². The minimum absolute atomic E-state index is 0.116. The van der Waals surface area contributed by atoms with Gasteiger partial charge in [-0.15, -0.1) is 0 Å². The first-order valence-electron chi connectivity index (χ1n) is 7.97. The second-order valence-electron chi connectivity index (χ2n) is 6.37. The normalized spacial score (nSPS) is 15.1. The number of imidazole rings is 1. The summed E-state index contributed by atoms with van der Waals surface area (Å²) in [6.45, 7) is 0.128. The largest absolute Gasteiger partial charge is 0.364 e. The molecule has 132 valence electrons. The van der Waals surface area contributed by atoms with Crippen LogP contribution >= 0.6 is 0 Å². The SMILES string of the molecule is Cn1c(=O)n(C)c2cc(S(=O)(=O)NCc3conc3C3CC3)ccc21. The lowest BCUT2D eigenvalue weighted by molar-refractivity contribution is 0.411. The summed E-state index contributed by atoms with van der Waals surface area (Å²) in [6.07, 6.45) is 3.61. The molecule has 0 aliphatic heterocycles. The Morgan fingerprint density at radius 2 is 1.96 bits per heavy atom.